The van der Waals surface area contributed by atoms with Crippen LogP contribution in [0.3, 0.4) is 0 Å². The lowest BCUT2D eigenvalue weighted by Gasteiger charge is -2.22. The predicted octanol–water partition coefficient (Wildman–Crippen LogP) is 1.04. The van der Waals surface area contributed by atoms with Crippen LogP contribution in [0.5, 0.6) is 0 Å². The Labute approximate surface area is 94.2 Å². The van der Waals surface area contributed by atoms with E-state index < -0.39 is 18.2 Å². The molecule has 4 heteroatoms. The lowest BCUT2D eigenvalue weighted by molar-refractivity contribution is -0.135. The monoisotopic (exact) mass is 224 g/mol. The van der Waals surface area contributed by atoms with E-state index in [1.165, 1.54) is 0 Å². The smallest absolute Gasteiger partial charge is 0.342 e. The minimum Gasteiger partial charge on any atom is -0.423 e. The molecule has 88 valence electrons. The van der Waals surface area contributed by atoms with Gasteiger partial charge >= 0.3 is 5.97 Å². The van der Waals surface area contributed by atoms with Crippen molar-refractivity contribution in [2.24, 2.45) is 0 Å². The van der Waals surface area contributed by atoms with Crippen LogP contribution in [0, 0.1) is 0 Å². The van der Waals surface area contributed by atoms with Crippen molar-refractivity contribution in [3.05, 3.63) is 23.0 Å². The highest BCUT2D eigenvalue weighted by atomic mass is 16.5. The largest absolute Gasteiger partial charge is 0.423 e. The summed E-state index contributed by atoms with van der Waals surface area (Å²) in [5.41, 5.74) is 1.03. The second kappa shape index (κ2) is 4.39. The molecule has 0 radical (unpaired) electrons. The van der Waals surface area contributed by atoms with Gasteiger partial charge in [0.2, 0.25) is 0 Å². The zero-order chi connectivity index (χ0) is 11.7. The third-order valence-electron chi connectivity index (χ3n) is 3.01. The van der Waals surface area contributed by atoms with E-state index in [-0.39, 0.29) is 5.57 Å². The number of cyclic esters (lactones) is 1. The maximum atomic E-state index is 11.5. The zero-order valence-electron chi connectivity index (χ0n) is 9.27. The van der Waals surface area contributed by atoms with Crippen LogP contribution in [0.4, 0.5) is 0 Å². The van der Waals surface area contributed by atoms with Crippen molar-refractivity contribution < 1.29 is 19.7 Å². The van der Waals surface area contributed by atoms with E-state index in [1.807, 2.05) is 13.0 Å². The zero-order valence-corrected chi connectivity index (χ0v) is 9.27. The van der Waals surface area contributed by atoms with Crippen molar-refractivity contribution >= 4 is 5.97 Å². The first-order valence-corrected chi connectivity index (χ1v) is 5.67. The van der Waals surface area contributed by atoms with Crippen LogP contribution < -0.4 is 0 Å². The Kier molecular flexibility index (Phi) is 3.12. The number of carbonyl (C=O) groups is 1. The third kappa shape index (κ3) is 1.79. The van der Waals surface area contributed by atoms with E-state index in [0.29, 0.717) is 18.6 Å². The number of carbonyl (C=O) groups excluding carboxylic acids is 1. The molecule has 0 aromatic carbocycles. The fraction of sp³-hybridized carbons (Fsp3) is 0.583. The first-order chi connectivity index (χ1) is 7.65. The fourth-order valence-corrected chi connectivity index (χ4v) is 2.11. The maximum absolute atomic E-state index is 11.5. The number of esters is 1. The third-order valence-corrected chi connectivity index (χ3v) is 3.01. The first-order valence-electron chi connectivity index (χ1n) is 5.67. The number of rotatable bonds is 2. The molecule has 4 nitrogen and oxygen atoms in total. The Morgan fingerprint density at radius 3 is 2.94 bits per heavy atom. The molecule has 0 aromatic heterocycles. The van der Waals surface area contributed by atoms with E-state index in [9.17, 15) is 15.0 Å². The van der Waals surface area contributed by atoms with Gasteiger partial charge in [0.1, 0.15) is 11.9 Å². The fourth-order valence-electron chi connectivity index (χ4n) is 2.11. The van der Waals surface area contributed by atoms with Gasteiger partial charge in [-0.1, -0.05) is 13.3 Å². The molecule has 0 saturated carbocycles. The van der Waals surface area contributed by atoms with Gasteiger partial charge in [-0.15, -0.1) is 0 Å². The van der Waals surface area contributed by atoms with Crippen molar-refractivity contribution in [3.8, 4) is 0 Å². The molecule has 2 N–H and O–H groups in total. The molecule has 0 amide bonds. The molecular formula is C12H16O4. The second-order valence-electron chi connectivity index (χ2n) is 4.19. The standard InChI is InChI=1S/C12H16O4/c1-2-3-4-9-7-5-6-8(13)11(14)10(7)12(15)16-9/h4,8,11,13-14H,2-3,5-6H2,1H3/b9-4-/t8-,11+/m1/s1. The first kappa shape index (κ1) is 11.4. The van der Waals surface area contributed by atoms with Crippen molar-refractivity contribution in [2.45, 2.75) is 44.8 Å². The maximum Gasteiger partial charge on any atom is 0.342 e. The summed E-state index contributed by atoms with van der Waals surface area (Å²) in [5.74, 6) is 0.0661. The molecule has 0 fully saturated rings. The molecule has 1 aliphatic carbocycles. The summed E-state index contributed by atoms with van der Waals surface area (Å²) in [6.45, 7) is 2.04. The van der Waals surface area contributed by atoms with Crippen LogP contribution >= 0.6 is 0 Å². The molecule has 16 heavy (non-hydrogen) atoms. The van der Waals surface area contributed by atoms with E-state index >= 15 is 0 Å². The van der Waals surface area contributed by atoms with E-state index in [2.05, 4.69) is 0 Å². The minimum atomic E-state index is -1.09. The summed E-state index contributed by atoms with van der Waals surface area (Å²) >= 11 is 0. The van der Waals surface area contributed by atoms with E-state index in [1.54, 1.807) is 0 Å². The molecule has 2 aliphatic rings. The molecular weight excluding hydrogens is 208 g/mol. The van der Waals surface area contributed by atoms with Crippen molar-refractivity contribution in [3.63, 3.8) is 0 Å². The van der Waals surface area contributed by atoms with Crippen molar-refractivity contribution in [1.29, 1.82) is 0 Å². The SMILES string of the molecule is CCC/C=C1\OC(=O)C2=C1CC[C@@H](O)[C@@H]2O. The van der Waals surface area contributed by atoms with Crippen LogP contribution in [0.15, 0.2) is 23.0 Å². The minimum absolute atomic E-state index is 0.251. The summed E-state index contributed by atoms with van der Waals surface area (Å²) in [7, 11) is 0. The number of hydrogen-bond donors (Lipinski definition) is 2. The van der Waals surface area contributed by atoms with E-state index in [0.717, 1.165) is 18.4 Å². The Bertz CT molecular complexity index is 367. The summed E-state index contributed by atoms with van der Waals surface area (Å²) < 4.78 is 5.11. The van der Waals surface area contributed by atoms with Gasteiger partial charge in [0.05, 0.1) is 11.7 Å². The average Bonchev–Trinajstić information content (AvgIpc) is 2.58. The number of allylic oxidation sites excluding steroid dienone is 2. The van der Waals surface area contributed by atoms with Gasteiger partial charge in [-0.05, 0) is 25.3 Å². The molecule has 1 heterocycles. The normalized spacial score (nSPS) is 31.9. The summed E-state index contributed by atoms with van der Waals surface area (Å²) in [6, 6.07) is 0. The number of ether oxygens (including phenoxy) is 1. The molecule has 0 unspecified atom stereocenters. The lowest BCUT2D eigenvalue weighted by atomic mass is 9.87. The summed E-state index contributed by atoms with van der Waals surface area (Å²) in [5, 5.41) is 19.2. The highest BCUT2D eigenvalue weighted by Crippen LogP contribution is 2.37. The van der Waals surface area contributed by atoms with Crippen molar-refractivity contribution in [2.75, 3.05) is 0 Å². The van der Waals surface area contributed by atoms with Gasteiger partial charge in [-0.3, -0.25) is 0 Å². The van der Waals surface area contributed by atoms with Crippen LogP contribution in [-0.4, -0.2) is 28.4 Å². The quantitative estimate of drug-likeness (QED) is 0.688. The van der Waals surface area contributed by atoms with Gasteiger partial charge in [-0.25, -0.2) is 4.79 Å². The highest BCUT2D eigenvalue weighted by Gasteiger charge is 2.40. The van der Waals surface area contributed by atoms with Crippen LogP contribution in [0.1, 0.15) is 32.6 Å². The molecule has 0 aromatic rings. The molecule has 0 saturated heterocycles. The molecule has 2 rings (SSSR count). The number of unbranched alkanes of at least 4 members (excludes halogenated alkanes) is 1. The predicted molar refractivity (Wildman–Crippen MR) is 57.4 cm³/mol. The van der Waals surface area contributed by atoms with Gasteiger partial charge in [0, 0.05) is 5.57 Å². The van der Waals surface area contributed by atoms with E-state index in [4.69, 9.17) is 4.74 Å². The van der Waals surface area contributed by atoms with Gasteiger partial charge in [-0.2, -0.15) is 0 Å². The van der Waals surface area contributed by atoms with Gasteiger partial charge in [0.15, 0.2) is 0 Å². The Morgan fingerprint density at radius 2 is 2.25 bits per heavy atom. The average molecular weight is 224 g/mol. The molecule has 0 bridgehead atoms. The molecule has 2 atom stereocenters. The highest BCUT2D eigenvalue weighted by molar-refractivity contribution is 5.96. The lowest BCUT2D eigenvalue weighted by Crippen LogP contribution is -2.33. The van der Waals surface area contributed by atoms with Crippen LogP contribution in [-0.2, 0) is 9.53 Å². The Hall–Kier alpha value is -1.13. The van der Waals surface area contributed by atoms with Crippen LogP contribution in [0.25, 0.3) is 0 Å². The van der Waals surface area contributed by atoms with Gasteiger partial charge in [0.25, 0.3) is 0 Å². The Morgan fingerprint density at radius 1 is 1.50 bits per heavy atom. The topological polar surface area (TPSA) is 66.8 Å². The summed E-state index contributed by atoms with van der Waals surface area (Å²) in [6.07, 6.45) is 2.83. The number of hydrogen-bond acceptors (Lipinski definition) is 4. The Balaban J connectivity index is 2.31. The van der Waals surface area contributed by atoms with Crippen molar-refractivity contribution in [1.82, 2.24) is 0 Å². The molecule has 0 spiro atoms. The van der Waals surface area contributed by atoms with Gasteiger partial charge < -0.3 is 14.9 Å². The van der Waals surface area contributed by atoms with Crippen LogP contribution in [0.2, 0.25) is 0 Å². The number of aliphatic hydroxyl groups excluding tert-OH is 2. The second-order valence-corrected chi connectivity index (χ2v) is 4.19. The number of aliphatic hydroxyl groups is 2. The molecule has 1 aliphatic heterocycles. The summed E-state index contributed by atoms with van der Waals surface area (Å²) in [4.78, 5) is 11.5.